The molecule has 1 N–H and O–H groups in total. The second-order valence-electron chi connectivity index (χ2n) is 9.40. The summed E-state index contributed by atoms with van der Waals surface area (Å²) in [5, 5.41) is 12.7. The molecule has 1 fully saturated rings. The minimum absolute atomic E-state index is 0.0621. The Kier molecular flexibility index (Phi) is 7.41. The zero-order valence-electron chi connectivity index (χ0n) is 20.7. The Hall–Kier alpha value is -3.93. The highest BCUT2D eigenvalue weighted by atomic mass is 16.5. The van der Waals surface area contributed by atoms with Crippen molar-refractivity contribution in [1.82, 2.24) is 20.3 Å². The van der Waals surface area contributed by atoms with Crippen molar-refractivity contribution in [3.8, 4) is 28.3 Å². The van der Waals surface area contributed by atoms with Crippen LogP contribution in [0, 0.1) is 5.92 Å². The molecule has 184 valence electrons. The van der Waals surface area contributed by atoms with E-state index in [1.807, 2.05) is 59.4 Å². The van der Waals surface area contributed by atoms with Gasteiger partial charge in [-0.2, -0.15) is 15.0 Å². The van der Waals surface area contributed by atoms with Gasteiger partial charge in [0.2, 0.25) is 0 Å². The monoisotopic (exact) mass is 480 g/mol. The van der Waals surface area contributed by atoms with Gasteiger partial charge in [-0.3, -0.25) is 4.79 Å². The first kappa shape index (κ1) is 23.8. The Morgan fingerprint density at radius 1 is 0.917 bits per heavy atom. The maximum absolute atomic E-state index is 12.9. The molecule has 6 nitrogen and oxygen atoms in total. The first-order valence-corrected chi connectivity index (χ1v) is 12.7. The van der Waals surface area contributed by atoms with E-state index in [4.69, 9.17) is 14.9 Å². The maximum atomic E-state index is 12.9. The van der Waals surface area contributed by atoms with Crippen LogP contribution in [0.5, 0.6) is 5.75 Å². The number of ether oxygens (including phenoxy) is 1. The molecule has 0 aliphatic heterocycles. The summed E-state index contributed by atoms with van der Waals surface area (Å²) in [7, 11) is 1.66. The van der Waals surface area contributed by atoms with E-state index in [0.29, 0.717) is 18.0 Å². The molecule has 0 spiro atoms. The number of carbonyl (C=O) groups excluding carboxylic acids is 1. The minimum atomic E-state index is -0.0621. The molecule has 1 heterocycles. The first-order valence-electron chi connectivity index (χ1n) is 12.7. The van der Waals surface area contributed by atoms with Crippen molar-refractivity contribution >= 4 is 5.91 Å². The summed E-state index contributed by atoms with van der Waals surface area (Å²) in [6, 6.07) is 26.0. The highest BCUT2D eigenvalue weighted by molar-refractivity contribution is 5.95. The highest BCUT2D eigenvalue weighted by Gasteiger charge is 2.24. The van der Waals surface area contributed by atoms with Crippen LogP contribution >= 0.6 is 0 Å². The number of nitrogens with one attached hydrogen (secondary N) is 1. The zero-order valence-corrected chi connectivity index (χ0v) is 20.7. The van der Waals surface area contributed by atoms with Gasteiger partial charge in [0.05, 0.1) is 13.7 Å². The molecule has 0 bridgehead atoms. The van der Waals surface area contributed by atoms with E-state index in [1.54, 1.807) is 7.11 Å². The van der Waals surface area contributed by atoms with Gasteiger partial charge < -0.3 is 10.1 Å². The van der Waals surface area contributed by atoms with E-state index in [-0.39, 0.29) is 5.91 Å². The van der Waals surface area contributed by atoms with E-state index < -0.39 is 0 Å². The molecule has 36 heavy (non-hydrogen) atoms. The number of nitrogens with zero attached hydrogens (tertiary/aromatic N) is 3. The molecule has 6 heteroatoms. The van der Waals surface area contributed by atoms with Crippen molar-refractivity contribution in [2.75, 3.05) is 13.7 Å². The van der Waals surface area contributed by atoms with Crippen LogP contribution in [0.25, 0.3) is 22.5 Å². The molecule has 1 amide bonds. The number of aryl methyl sites for hydroxylation is 1. The van der Waals surface area contributed by atoms with Crippen molar-refractivity contribution in [1.29, 1.82) is 0 Å². The van der Waals surface area contributed by atoms with Gasteiger partial charge in [0.15, 0.2) is 0 Å². The van der Waals surface area contributed by atoms with Crippen LogP contribution in [-0.4, -0.2) is 34.6 Å². The molecule has 0 saturated heterocycles. The third kappa shape index (κ3) is 6.00. The Labute approximate surface area is 212 Å². The fourth-order valence-electron chi connectivity index (χ4n) is 4.31. The van der Waals surface area contributed by atoms with E-state index in [2.05, 4.69) is 29.6 Å². The lowest BCUT2D eigenvalue weighted by atomic mass is 10.0. The first-order chi connectivity index (χ1) is 17.7. The van der Waals surface area contributed by atoms with Gasteiger partial charge in [-0.25, -0.2) is 0 Å². The average Bonchev–Trinajstić information content (AvgIpc) is 3.65. The van der Waals surface area contributed by atoms with Crippen molar-refractivity contribution < 1.29 is 9.53 Å². The molecule has 4 aromatic rings. The largest absolute Gasteiger partial charge is 0.497 e. The van der Waals surface area contributed by atoms with Crippen LogP contribution in [0.3, 0.4) is 0 Å². The SMILES string of the molecule is COc1ccc(-c2nn(CC3CC3)nc2-c2cccc(C(=O)NCCCCc3ccccc3)c2)cc1. The topological polar surface area (TPSA) is 69.0 Å². The number of benzene rings is 3. The molecule has 0 unspecified atom stereocenters. The van der Waals surface area contributed by atoms with E-state index in [1.165, 1.54) is 18.4 Å². The lowest BCUT2D eigenvalue weighted by molar-refractivity contribution is 0.0953. The molecule has 0 radical (unpaired) electrons. The van der Waals surface area contributed by atoms with E-state index in [9.17, 15) is 4.79 Å². The summed E-state index contributed by atoms with van der Waals surface area (Å²) < 4.78 is 5.31. The second-order valence-corrected chi connectivity index (χ2v) is 9.40. The van der Waals surface area contributed by atoms with Crippen molar-refractivity contribution in [3.63, 3.8) is 0 Å². The van der Waals surface area contributed by atoms with Gasteiger partial charge in [0.1, 0.15) is 17.1 Å². The van der Waals surface area contributed by atoms with Gasteiger partial charge in [0, 0.05) is 23.2 Å². The van der Waals surface area contributed by atoms with Crippen molar-refractivity contribution in [2.45, 2.75) is 38.6 Å². The molecule has 1 saturated carbocycles. The Morgan fingerprint density at radius 2 is 1.67 bits per heavy atom. The van der Waals surface area contributed by atoms with Crippen LogP contribution in [0.4, 0.5) is 0 Å². The predicted molar refractivity (Wildman–Crippen MR) is 142 cm³/mol. The van der Waals surface area contributed by atoms with Gasteiger partial charge in [-0.1, -0.05) is 42.5 Å². The summed E-state index contributed by atoms with van der Waals surface area (Å²) in [6.07, 6.45) is 5.47. The number of hydrogen-bond donors (Lipinski definition) is 1. The smallest absolute Gasteiger partial charge is 0.251 e. The third-order valence-electron chi connectivity index (χ3n) is 6.56. The molecule has 1 aliphatic carbocycles. The summed E-state index contributed by atoms with van der Waals surface area (Å²) in [4.78, 5) is 14.7. The number of rotatable bonds is 11. The second kappa shape index (κ2) is 11.2. The van der Waals surface area contributed by atoms with Crippen LogP contribution in [-0.2, 0) is 13.0 Å². The Balaban J connectivity index is 1.28. The highest BCUT2D eigenvalue weighted by Crippen LogP contribution is 2.33. The fourth-order valence-corrected chi connectivity index (χ4v) is 4.31. The number of aromatic nitrogens is 3. The number of methoxy groups -OCH3 is 1. The van der Waals surface area contributed by atoms with E-state index in [0.717, 1.165) is 54.1 Å². The summed E-state index contributed by atoms with van der Waals surface area (Å²) in [5.41, 5.74) is 5.43. The van der Waals surface area contributed by atoms with Crippen LogP contribution < -0.4 is 10.1 Å². The molecule has 0 atom stereocenters. The third-order valence-corrected chi connectivity index (χ3v) is 6.56. The van der Waals surface area contributed by atoms with Crippen LogP contribution in [0.2, 0.25) is 0 Å². The standard InChI is InChI=1S/C30H32N4O2/c1-36-27-17-15-24(16-18-27)28-29(33-34(32-28)21-23-13-14-23)25-11-7-12-26(20-25)30(35)31-19-6-5-10-22-8-3-2-4-9-22/h2-4,7-9,11-12,15-18,20,23H,5-6,10,13-14,19,21H2,1H3,(H,31,35). The number of hydrogen-bond acceptors (Lipinski definition) is 4. The van der Waals surface area contributed by atoms with Crippen molar-refractivity contribution in [3.05, 3.63) is 90.0 Å². The summed E-state index contributed by atoms with van der Waals surface area (Å²) in [5.74, 6) is 1.40. The minimum Gasteiger partial charge on any atom is -0.497 e. The number of unbranched alkanes of at least 4 members (excludes halogenated alkanes) is 1. The molecule has 1 aromatic heterocycles. The summed E-state index contributed by atoms with van der Waals surface area (Å²) in [6.45, 7) is 1.48. The van der Waals surface area contributed by atoms with Crippen molar-refractivity contribution in [2.24, 2.45) is 5.92 Å². The van der Waals surface area contributed by atoms with Gasteiger partial charge in [-0.05, 0) is 80.0 Å². The van der Waals surface area contributed by atoms with Crippen LogP contribution in [0.1, 0.15) is 41.6 Å². The molecular formula is C30H32N4O2. The normalized spacial score (nSPS) is 12.9. The molecule has 1 aliphatic rings. The number of amides is 1. The van der Waals surface area contributed by atoms with E-state index >= 15 is 0 Å². The maximum Gasteiger partial charge on any atom is 0.251 e. The van der Waals surface area contributed by atoms with Gasteiger partial charge >= 0.3 is 0 Å². The average molecular weight is 481 g/mol. The quantitative estimate of drug-likeness (QED) is 0.276. The molecular weight excluding hydrogens is 448 g/mol. The zero-order chi connectivity index (χ0) is 24.7. The number of carbonyl (C=O) groups is 1. The molecule has 5 rings (SSSR count). The predicted octanol–water partition coefficient (Wildman–Crippen LogP) is 5.78. The van der Waals surface area contributed by atoms with Gasteiger partial charge in [0.25, 0.3) is 5.91 Å². The fraction of sp³-hybridized carbons (Fsp3) is 0.300. The Morgan fingerprint density at radius 3 is 2.39 bits per heavy atom. The molecule has 3 aromatic carbocycles. The lowest BCUT2D eigenvalue weighted by Crippen LogP contribution is -2.24. The summed E-state index contributed by atoms with van der Waals surface area (Å²) >= 11 is 0. The van der Waals surface area contributed by atoms with Crippen LogP contribution in [0.15, 0.2) is 78.9 Å². The van der Waals surface area contributed by atoms with Gasteiger partial charge in [-0.15, -0.1) is 0 Å². The lowest BCUT2D eigenvalue weighted by Gasteiger charge is -2.07. The Bertz CT molecular complexity index is 1290.